The number of hydrogen-bond donors (Lipinski definition) is 3. The molecular weight excluding hydrogens is 532 g/mol. The van der Waals surface area contributed by atoms with Crippen molar-refractivity contribution in [2.75, 3.05) is 6.61 Å². The standard InChI is InChI=1S/C39H64O4/c1-3-5-7-9-11-13-15-17-19-21-23-33-25-28-35(29-26-33)43-38-30-27-34(31-36(38)39(42)37(41)32-40)24-22-20-18-16-14-12-10-8-6-4-2/h25-31,37,39-42H,3-24,32H2,1-2H3. The average Bonchev–Trinajstić information content (AvgIpc) is 3.03. The molecular formula is C39H64O4. The minimum atomic E-state index is -1.25. The number of hydrogen-bond acceptors (Lipinski definition) is 4. The Bertz CT molecular complexity index is 925. The van der Waals surface area contributed by atoms with E-state index in [2.05, 4.69) is 32.0 Å². The molecule has 2 aromatic carbocycles. The van der Waals surface area contributed by atoms with Gasteiger partial charge in [-0.1, -0.05) is 148 Å². The van der Waals surface area contributed by atoms with Gasteiger partial charge in [-0.15, -0.1) is 0 Å². The fourth-order valence-corrected chi connectivity index (χ4v) is 5.87. The lowest BCUT2D eigenvalue weighted by atomic mass is 9.98. The third-order valence-electron chi connectivity index (χ3n) is 8.73. The lowest BCUT2D eigenvalue weighted by Crippen LogP contribution is -2.22. The number of ether oxygens (including phenoxy) is 1. The van der Waals surface area contributed by atoms with Crippen molar-refractivity contribution in [3.8, 4) is 11.5 Å². The first kappa shape index (κ1) is 37.3. The van der Waals surface area contributed by atoms with Crippen molar-refractivity contribution in [2.45, 2.75) is 167 Å². The number of aliphatic hydroxyl groups is 3. The molecule has 0 saturated heterocycles. The summed E-state index contributed by atoms with van der Waals surface area (Å²) in [5.74, 6) is 1.23. The van der Waals surface area contributed by atoms with Gasteiger partial charge in [0.1, 0.15) is 23.7 Å². The largest absolute Gasteiger partial charge is 0.457 e. The third-order valence-corrected chi connectivity index (χ3v) is 8.73. The van der Waals surface area contributed by atoms with Crippen molar-refractivity contribution in [3.05, 3.63) is 59.2 Å². The van der Waals surface area contributed by atoms with Gasteiger partial charge < -0.3 is 20.1 Å². The van der Waals surface area contributed by atoms with Gasteiger partial charge in [0.15, 0.2) is 0 Å². The van der Waals surface area contributed by atoms with E-state index in [-0.39, 0.29) is 0 Å². The average molecular weight is 597 g/mol. The topological polar surface area (TPSA) is 69.9 Å². The Kier molecular flexibility index (Phi) is 21.2. The van der Waals surface area contributed by atoms with E-state index in [0.29, 0.717) is 17.1 Å². The lowest BCUT2D eigenvalue weighted by molar-refractivity contribution is -0.0160. The van der Waals surface area contributed by atoms with Crippen LogP contribution >= 0.6 is 0 Å². The quantitative estimate of drug-likeness (QED) is 0.0897. The highest BCUT2D eigenvalue weighted by molar-refractivity contribution is 5.43. The minimum Gasteiger partial charge on any atom is -0.457 e. The van der Waals surface area contributed by atoms with Crippen LogP contribution in [0.3, 0.4) is 0 Å². The summed E-state index contributed by atoms with van der Waals surface area (Å²) in [6.07, 6.45) is 26.0. The summed E-state index contributed by atoms with van der Waals surface area (Å²) in [5.41, 5.74) is 2.97. The fraction of sp³-hybridized carbons (Fsp3) is 0.692. The molecule has 0 aliphatic rings. The Hall–Kier alpha value is -1.88. The van der Waals surface area contributed by atoms with Gasteiger partial charge in [-0.3, -0.25) is 0 Å². The molecule has 2 unspecified atom stereocenters. The first-order valence-corrected chi connectivity index (χ1v) is 18.0. The van der Waals surface area contributed by atoms with E-state index in [1.165, 1.54) is 128 Å². The zero-order valence-electron chi connectivity index (χ0n) is 27.7. The number of aryl methyl sites for hydroxylation is 2. The molecule has 2 rings (SSSR count). The summed E-state index contributed by atoms with van der Waals surface area (Å²) < 4.78 is 6.19. The van der Waals surface area contributed by atoms with Gasteiger partial charge in [0, 0.05) is 5.56 Å². The fourth-order valence-electron chi connectivity index (χ4n) is 5.87. The van der Waals surface area contributed by atoms with Crippen LogP contribution < -0.4 is 4.74 Å². The molecule has 244 valence electrons. The second-order valence-corrected chi connectivity index (χ2v) is 12.7. The van der Waals surface area contributed by atoms with Gasteiger partial charge in [-0.05, 0) is 61.1 Å². The maximum Gasteiger partial charge on any atom is 0.133 e. The van der Waals surface area contributed by atoms with E-state index >= 15 is 0 Å². The molecule has 0 spiro atoms. The first-order chi connectivity index (χ1) is 21.1. The number of rotatable bonds is 27. The molecule has 4 nitrogen and oxygen atoms in total. The van der Waals surface area contributed by atoms with Gasteiger partial charge in [-0.25, -0.2) is 0 Å². The van der Waals surface area contributed by atoms with Crippen LogP contribution in [0.25, 0.3) is 0 Å². The summed E-state index contributed by atoms with van der Waals surface area (Å²) in [4.78, 5) is 0. The van der Waals surface area contributed by atoms with Crippen LogP contribution in [-0.4, -0.2) is 28.0 Å². The molecule has 0 aliphatic carbocycles. The molecule has 0 amide bonds. The zero-order chi connectivity index (χ0) is 31.0. The Morgan fingerprint density at radius 2 is 0.953 bits per heavy atom. The molecule has 0 saturated carbocycles. The Balaban J connectivity index is 1.79. The summed E-state index contributed by atoms with van der Waals surface area (Å²) in [6, 6.07) is 14.1. The maximum absolute atomic E-state index is 10.8. The zero-order valence-corrected chi connectivity index (χ0v) is 27.7. The summed E-state index contributed by atoms with van der Waals surface area (Å²) >= 11 is 0. The SMILES string of the molecule is CCCCCCCCCCCCc1ccc(Oc2ccc(CCCCCCCCCCCC)cc2C(O)C(O)CO)cc1. The molecule has 0 bridgehead atoms. The lowest BCUT2D eigenvalue weighted by Gasteiger charge is -2.20. The molecule has 0 fully saturated rings. The summed E-state index contributed by atoms with van der Waals surface area (Å²) in [7, 11) is 0. The number of unbranched alkanes of at least 4 members (excludes halogenated alkanes) is 18. The summed E-state index contributed by atoms with van der Waals surface area (Å²) in [5, 5.41) is 30.5. The number of benzene rings is 2. The van der Waals surface area contributed by atoms with E-state index < -0.39 is 18.8 Å². The normalized spacial score (nSPS) is 12.9. The van der Waals surface area contributed by atoms with Crippen molar-refractivity contribution >= 4 is 0 Å². The van der Waals surface area contributed by atoms with Gasteiger partial charge >= 0.3 is 0 Å². The van der Waals surface area contributed by atoms with Crippen molar-refractivity contribution in [1.29, 1.82) is 0 Å². The molecule has 0 radical (unpaired) electrons. The predicted octanol–water partition coefficient (Wildman–Crippen LogP) is 10.8. The molecule has 0 aliphatic heterocycles. The monoisotopic (exact) mass is 596 g/mol. The highest BCUT2D eigenvalue weighted by Crippen LogP contribution is 2.33. The van der Waals surface area contributed by atoms with Gasteiger partial charge in [0.2, 0.25) is 0 Å². The molecule has 2 atom stereocenters. The molecule has 0 heterocycles. The molecule has 43 heavy (non-hydrogen) atoms. The second-order valence-electron chi connectivity index (χ2n) is 12.7. The third kappa shape index (κ3) is 16.7. The van der Waals surface area contributed by atoms with E-state index in [1.807, 2.05) is 24.3 Å². The van der Waals surface area contributed by atoms with Crippen molar-refractivity contribution in [3.63, 3.8) is 0 Å². The Morgan fingerprint density at radius 1 is 0.535 bits per heavy atom. The van der Waals surface area contributed by atoms with E-state index in [9.17, 15) is 15.3 Å². The smallest absolute Gasteiger partial charge is 0.133 e. The number of aliphatic hydroxyl groups excluding tert-OH is 3. The highest BCUT2D eigenvalue weighted by atomic mass is 16.5. The maximum atomic E-state index is 10.8. The summed E-state index contributed by atoms with van der Waals surface area (Å²) in [6.45, 7) is 4.03. The molecule has 4 heteroatoms. The van der Waals surface area contributed by atoms with Gasteiger partial charge in [-0.2, -0.15) is 0 Å². The van der Waals surface area contributed by atoms with Gasteiger partial charge in [0.25, 0.3) is 0 Å². The first-order valence-electron chi connectivity index (χ1n) is 18.0. The van der Waals surface area contributed by atoms with Crippen LogP contribution in [0.1, 0.15) is 165 Å². The van der Waals surface area contributed by atoms with Crippen LogP contribution in [0.5, 0.6) is 11.5 Å². The highest BCUT2D eigenvalue weighted by Gasteiger charge is 2.22. The Morgan fingerprint density at radius 3 is 1.42 bits per heavy atom. The van der Waals surface area contributed by atoms with Crippen LogP contribution in [0.2, 0.25) is 0 Å². The van der Waals surface area contributed by atoms with E-state index in [0.717, 1.165) is 24.8 Å². The van der Waals surface area contributed by atoms with Crippen molar-refractivity contribution < 1.29 is 20.1 Å². The van der Waals surface area contributed by atoms with Crippen LogP contribution in [0.4, 0.5) is 0 Å². The molecule has 3 N–H and O–H groups in total. The second kappa shape index (κ2) is 24.4. The van der Waals surface area contributed by atoms with E-state index in [4.69, 9.17) is 4.74 Å². The van der Waals surface area contributed by atoms with E-state index in [1.54, 1.807) is 0 Å². The van der Waals surface area contributed by atoms with Crippen LogP contribution in [-0.2, 0) is 12.8 Å². The predicted molar refractivity (Wildman–Crippen MR) is 182 cm³/mol. The van der Waals surface area contributed by atoms with Crippen molar-refractivity contribution in [1.82, 2.24) is 0 Å². The van der Waals surface area contributed by atoms with Crippen LogP contribution in [0, 0.1) is 0 Å². The molecule has 2 aromatic rings. The molecule has 0 aromatic heterocycles. The Labute approximate surface area is 264 Å². The minimum absolute atomic E-state index is 0.503. The van der Waals surface area contributed by atoms with Gasteiger partial charge in [0.05, 0.1) is 6.61 Å². The van der Waals surface area contributed by atoms with Crippen molar-refractivity contribution in [2.24, 2.45) is 0 Å². The van der Waals surface area contributed by atoms with Crippen LogP contribution in [0.15, 0.2) is 42.5 Å².